The Kier molecular flexibility index (Phi) is 4.82. The first kappa shape index (κ1) is 13.6. The molecule has 1 aliphatic rings. The molecule has 1 atom stereocenters. The Morgan fingerprint density at radius 3 is 2.44 bits per heavy atom. The first-order valence-corrected chi connectivity index (χ1v) is 7.40. The second-order valence-corrected chi connectivity index (χ2v) is 5.86. The van der Waals surface area contributed by atoms with Gasteiger partial charge in [-0.05, 0) is 61.6 Å². The molecule has 1 fully saturated rings. The number of aliphatic hydroxyl groups excluding tert-OH is 1. The van der Waals surface area contributed by atoms with Crippen molar-refractivity contribution in [1.82, 2.24) is 0 Å². The van der Waals surface area contributed by atoms with Crippen LogP contribution in [-0.4, -0.2) is 11.7 Å². The summed E-state index contributed by atoms with van der Waals surface area (Å²) in [5, 5.41) is 9.35. The van der Waals surface area contributed by atoms with E-state index in [0.29, 0.717) is 12.5 Å². The Bertz CT molecular complexity index is 377. The van der Waals surface area contributed by atoms with Crippen LogP contribution in [0, 0.1) is 19.8 Å². The van der Waals surface area contributed by atoms with Gasteiger partial charge in [0.15, 0.2) is 0 Å². The number of rotatable bonds is 4. The molecule has 0 aromatic heterocycles. The number of benzene rings is 1. The Balaban J connectivity index is 2.19. The summed E-state index contributed by atoms with van der Waals surface area (Å²) in [5.74, 6) is 1.35. The third kappa shape index (κ3) is 3.14. The third-order valence-corrected chi connectivity index (χ3v) is 4.62. The van der Waals surface area contributed by atoms with E-state index in [1.807, 2.05) is 0 Å². The number of hydrogen-bond donors (Lipinski definition) is 1. The molecule has 0 heterocycles. The molecule has 0 radical (unpaired) electrons. The monoisotopic (exact) mass is 246 g/mol. The highest BCUT2D eigenvalue weighted by Gasteiger charge is 2.24. The van der Waals surface area contributed by atoms with Gasteiger partial charge in [0.1, 0.15) is 0 Å². The lowest BCUT2D eigenvalue weighted by Gasteiger charge is -2.30. The van der Waals surface area contributed by atoms with E-state index in [1.165, 1.54) is 48.8 Å². The predicted octanol–water partition coefficient (Wildman–Crippen LogP) is 4.35. The van der Waals surface area contributed by atoms with E-state index >= 15 is 0 Å². The van der Waals surface area contributed by atoms with Gasteiger partial charge >= 0.3 is 0 Å². The van der Waals surface area contributed by atoms with Gasteiger partial charge in [-0.15, -0.1) is 0 Å². The standard InChI is InChI=1S/C17H26O/c1-13-8-9-16(12-14(13)2)17(10-11-18)15-6-4-3-5-7-15/h8-9,12,15,17-18H,3-7,10-11H2,1-2H3. The van der Waals surface area contributed by atoms with Gasteiger partial charge in [-0.2, -0.15) is 0 Å². The van der Waals surface area contributed by atoms with Crippen molar-refractivity contribution in [2.45, 2.75) is 58.3 Å². The Hall–Kier alpha value is -0.820. The lowest BCUT2D eigenvalue weighted by Crippen LogP contribution is -2.17. The summed E-state index contributed by atoms with van der Waals surface area (Å²) in [6.07, 6.45) is 7.76. The van der Waals surface area contributed by atoms with Gasteiger partial charge in [-0.1, -0.05) is 37.5 Å². The van der Waals surface area contributed by atoms with Crippen molar-refractivity contribution in [2.24, 2.45) is 5.92 Å². The van der Waals surface area contributed by atoms with E-state index in [2.05, 4.69) is 32.0 Å². The molecule has 1 unspecified atom stereocenters. The molecule has 1 aliphatic carbocycles. The Morgan fingerprint density at radius 1 is 1.11 bits per heavy atom. The fraction of sp³-hybridized carbons (Fsp3) is 0.647. The molecule has 0 saturated heterocycles. The van der Waals surface area contributed by atoms with Crippen molar-refractivity contribution < 1.29 is 5.11 Å². The summed E-state index contributed by atoms with van der Waals surface area (Å²) in [7, 11) is 0. The Morgan fingerprint density at radius 2 is 1.83 bits per heavy atom. The van der Waals surface area contributed by atoms with Gasteiger partial charge < -0.3 is 5.11 Å². The maximum absolute atomic E-state index is 9.35. The van der Waals surface area contributed by atoms with Crippen LogP contribution in [0.4, 0.5) is 0 Å². The summed E-state index contributed by atoms with van der Waals surface area (Å²) in [4.78, 5) is 0. The van der Waals surface area contributed by atoms with E-state index in [0.717, 1.165) is 12.3 Å². The summed E-state index contributed by atoms with van der Waals surface area (Å²) in [6.45, 7) is 4.67. The zero-order valence-electron chi connectivity index (χ0n) is 11.8. The lowest BCUT2D eigenvalue weighted by molar-refractivity contribution is 0.229. The van der Waals surface area contributed by atoms with Crippen LogP contribution >= 0.6 is 0 Å². The highest BCUT2D eigenvalue weighted by atomic mass is 16.3. The van der Waals surface area contributed by atoms with Crippen LogP contribution in [0.5, 0.6) is 0 Å². The Labute approximate surface area is 111 Å². The molecular weight excluding hydrogens is 220 g/mol. The molecule has 1 nitrogen and oxygen atoms in total. The normalized spacial score (nSPS) is 18.8. The lowest BCUT2D eigenvalue weighted by atomic mass is 9.75. The van der Waals surface area contributed by atoms with Crippen LogP contribution in [-0.2, 0) is 0 Å². The molecule has 1 heteroatoms. The molecule has 1 aromatic rings. The van der Waals surface area contributed by atoms with Gasteiger partial charge in [0, 0.05) is 6.61 Å². The van der Waals surface area contributed by atoms with Gasteiger partial charge in [0.05, 0.1) is 0 Å². The number of aryl methyl sites for hydroxylation is 2. The zero-order valence-corrected chi connectivity index (χ0v) is 11.8. The predicted molar refractivity (Wildman–Crippen MR) is 76.9 cm³/mol. The molecule has 2 rings (SSSR count). The zero-order chi connectivity index (χ0) is 13.0. The van der Waals surface area contributed by atoms with Crippen LogP contribution in [0.2, 0.25) is 0 Å². The minimum atomic E-state index is 0.314. The topological polar surface area (TPSA) is 20.2 Å². The average molecular weight is 246 g/mol. The van der Waals surface area contributed by atoms with E-state index in [4.69, 9.17) is 0 Å². The van der Waals surface area contributed by atoms with Crippen molar-refractivity contribution >= 4 is 0 Å². The van der Waals surface area contributed by atoms with Crippen LogP contribution in [0.1, 0.15) is 61.1 Å². The number of aliphatic hydroxyl groups is 1. The van der Waals surface area contributed by atoms with E-state index in [1.54, 1.807) is 0 Å². The fourth-order valence-corrected chi connectivity index (χ4v) is 3.35. The van der Waals surface area contributed by atoms with Crippen LogP contribution in [0.25, 0.3) is 0 Å². The first-order chi connectivity index (χ1) is 8.72. The molecule has 1 saturated carbocycles. The van der Waals surface area contributed by atoms with E-state index in [9.17, 15) is 5.11 Å². The van der Waals surface area contributed by atoms with Crippen molar-refractivity contribution in [3.8, 4) is 0 Å². The second-order valence-electron chi connectivity index (χ2n) is 5.86. The third-order valence-electron chi connectivity index (χ3n) is 4.62. The molecule has 0 spiro atoms. The van der Waals surface area contributed by atoms with Gasteiger partial charge in [0.25, 0.3) is 0 Å². The molecule has 18 heavy (non-hydrogen) atoms. The van der Waals surface area contributed by atoms with Crippen molar-refractivity contribution in [3.63, 3.8) is 0 Å². The van der Waals surface area contributed by atoms with Crippen molar-refractivity contribution in [2.75, 3.05) is 6.61 Å². The van der Waals surface area contributed by atoms with Crippen molar-refractivity contribution in [1.29, 1.82) is 0 Å². The maximum Gasteiger partial charge on any atom is 0.0436 e. The minimum Gasteiger partial charge on any atom is -0.396 e. The van der Waals surface area contributed by atoms with Crippen molar-refractivity contribution in [3.05, 3.63) is 34.9 Å². The molecule has 1 N–H and O–H groups in total. The van der Waals surface area contributed by atoms with Gasteiger partial charge in [0.2, 0.25) is 0 Å². The maximum atomic E-state index is 9.35. The number of hydrogen-bond acceptors (Lipinski definition) is 1. The summed E-state index contributed by atoms with van der Waals surface area (Å²) in [5.41, 5.74) is 4.19. The molecular formula is C17H26O. The summed E-state index contributed by atoms with van der Waals surface area (Å²) in [6, 6.07) is 6.85. The van der Waals surface area contributed by atoms with Crippen LogP contribution in [0.15, 0.2) is 18.2 Å². The highest BCUT2D eigenvalue weighted by Crippen LogP contribution is 2.38. The highest BCUT2D eigenvalue weighted by molar-refractivity contribution is 5.32. The largest absolute Gasteiger partial charge is 0.396 e. The van der Waals surface area contributed by atoms with Crippen LogP contribution in [0.3, 0.4) is 0 Å². The minimum absolute atomic E-state index is 0.314. The van der Waals surface area contributed by atoms with Gasteiger partial charge in [-0.25, -0.2) is 0 Å². The average Bonchev–Trinajstić information content (AvgIpc) is 2.40. The molecule has 0 bridgehead atoms. The van der Waals surface area contributed by atoms with Gasteiger partial charge in [-0.3, -0.25) is 0 Å². The molecule has 100 valence electrons. The SMILES string of the molecule is Cc1ccc(C(CCO)C2CCCCC2)cc1C. The van der Waals surface area contributed by atoms with E-state index in [-0.39, 0.29) is 0 Å². The second kappa shape index (κ2) is 6.38. The smallest absolute Gasteiger partial charge is 0.0436 e. The fourth-order valence-electron chi connectivity index (χ4n) is 3.35. The quantitative estimate of drug-likeness (QED) is 0.837. The van der Waals surface area contributed by atoms with Crippen LogP contribution < -0.4 is 0 Å². The summed E-state index contributed by atoms with van der Waals surface area (Å²) >= 11 is 0. The molecule has 0 aliphatic heterocycles. The first-order valence-electron chi connectivity index (χ1n) is 7.40. The molecule has 1 aromatic carbocycles. The molecule has 0 amide bonds. The summed E-state index contributed by atoms with van der Waals surface area (Å²) < 4.78 is 0. The van der Waals surface area contributed by atoms with E-state index < -0.39 is 0 Å².